The molecule has 0 saturated carbocycles. The lowest BCUT2D eigenvalue weighted by Gasteiger charge is -2.30. The molecule has 1 heterocycles. The van der Waals surface area contributed by atoms with Gasteiger partial charge in [0.25, 0.3) is 0 Å². The van der Waals surface area contributed by atoms with E-state index in [1.807, 2.05) is 43.0 Å². The van der Waals surface area contributed by atoms with E-state index < -0.39 is 5.97 Å². The Morgan fingerprint density at radius 2 is 2.07 bits per heavy atom. The van der Waals surface area contributed by atoms with Crippen molar-refractivity contribution in [3.8, 4) is 0 Å². The zero-order valence-corrected chi connectivity index (χ0v) is 16.7. The number of hydrogen-bond donors (Lipinski definition) is 1. The van der Waals surface area contributed by atoms with Crippen molar-refractivity contribution in [1.82, 2.24) is 0 Å². The summed E-state index contributed by atoms with van der Waals surface area (Å²) in [6.45, 7) is 5.82. The van der Waals surface area contributed by atoms with E-state index >= 15 is 0 Å². The molecule has 2 aromatic rings. The van der Waals surface area contributed by atoms with Crippen LogP contribution < -0.4 is 0 Å². The van der Waals surface area contributed by atoms with E-state index in [-0.39, 0.29) is 5.41 Å². The standard InChI is InChI=1S/C23H26O3S/c1-3-26-16-23(2)13-6-14-27-21-15-17(10-12-20(21)23)9-11-18-7-4-5-8-19(18)22(24)25/h4-5,7-12,15H,3,6,13-14,16H2,1-2H3,(H,24,25). The Balaban J connectivity index is 1.90. The van der Waals surface area contributed by atoms with Crippen LogP contribution in [0.25, 0.3) is 12.2 Å². The highest BCUT2D eigenvalue weighted by Crippen LogP contribution is 2.41. The summed E-state index contributed by atoms with van der Waals surface area (Å²) in [7, 11) is 0. The third-order valence-corrected chi connectivity index (χ3v) is 6.20. The van der Waals surface area contributed by atoms with Crippen molar-refractivity contribution >= 4 is 29.9 Å². The number of benzene rings is 2. The second-order valence-electron chi connectivity index (χ2n) is 7.13. The molecule has 0 amide bonds. The molecule has 1 N–H and O–H groups in total. The smallest absolute Gasteiger partial charge is 0.336 e. The molecule has 1 atom stereocenters. The van der Waals surface area contributed by atoms with Gasteiger partial charge in [-0.1, -0.05) is 49.4 Å². The fourth-order valence-corrected chi connectivity index (χ4v) is 4.74. The maximum absolute atomic E-state index is 11.4. The Bertz CT molecular complexity index is 843. The zero-order valence-electron chi connectivity index (χ0n) is 15.9. The van der Waals surface area contributed by atoms with Gasteiger partial charge in [-0.05, 0) is 54.3 Å². The Kier molecular flexibility index (Phi) is 6.40. The van der Waals surface area contributed by atoms with Crippen LogP contribution >= 0.6 is 11.8 Å². The van der Waals surface area contributed by atoms with Crippen molar-refractivity contribution in [2.75, 3.05) is 19.0 Å². The largest absolute Gasteiger partial charge is 0.478 e. The summed E-state index contributed by atoms with van der Waals surface area (Å²) < 4.78 is 5.78. The third kappa shape index (κ3) is 4.63. The molecule has 1 aliphatic heterocycles. The summed E-state index contributed by atoms with van der Waals surface area (Å²) in [5.74, 6) is 0.212. The van der Waals surface area contributed by atoms with E-state index in [2.05, 4.69) is 25.1 Å². The van der Waals surface area contributed by atoms with Gasteiger partial charge in [0, 0.05) is 16.9 Å². The first kappa shape index (κ1) is 19.7. The normalized spacial score (nSPS) is 19.6. The van der Waals surface area contributed by atoms with Gasteiger partial charge >= 0.3 is 5.97 Å². The molecule has 27 heavy (non-hydrogen) atoms. The molecule has 0 aromatic heterocycles. The minimum atomic E-state index is -0.903. The van der Waals surface area contributed by atoms with E-state index in [9.17, 15) is 9.90 Å². The summed E-state index contributed by atoms with van der Waals surface area (Å²) in [6.07, 6.45) is 6.19. The molecule has 1 unspecified atom stereocenters. The second kappa shape index (κ2) is 8.77. The maximum atomic E-state index is 11.4. The molecule has 0 radical (unpaired) electrons. The number of fused-ring (bicyclic) bond motifs is 1. The molecule has 4 heteroatoms. The van der Waals surface area contributed by atoms with Crippen molar-refractivity contribution in [2.24, 2.45) is 0 Å². The summed E-state index contributed by atoms with van der Waals surface area (Å²) in [4.78, 5) is 12.7. The van der Waals surface area contributed by atoms with Gasteiger partial charge < -0.3 is 9.84 Å². The number of rotatable bonds is 6. The fourth-order valence-electron chi connectivity index (χ4n) is 3.54. The molecule has 0 spiro atoms. The van der Waals surface area contributed by atoms with Crippen molar-refractivity contribution in [2.45, 2.75) is 37.0 Å². The number of ether oxygens (including phenoxy) is 1. The quantitative estimate of drug-likeness (QED) is 0.648. The highest BCUT2D eigenvalue weighted by Gasteiger charge is 2.31. The predicted octanol–water partition coefficient (Wildman–Crippen LogP) is 5.74. The molecule has 142 valence electrons. The minimum Gasteiger partial charge on any atom is -0.478 e. The average molecular weight is 383 g/mol. The van der Waals surface area contributed by atoms with E-state index in [1.165, 1.54) is 16.9 Å². The Labute approximate surface area is 165 Å². The first-order valence-corrected chi connectivity index (χ1v) is 10.4. The number of carboxylic acid groups (broad SMARTS) is 1. The van der Waals surface area contributed by atoms with Gasteiger partial charge in [0.05, 0.1) is 12.2 Å². The molecule has 0 fully saturated rings. The fraction of sp³-hybridized carbons (Fsp3) is 0.348. The van der Waals surface area contributed by atoms with Crippen molar-refractivity contribution < 1.29 is 14.6 Å². The molecule has 0 saturated heterocycles. The molecule has 1 aliphatic rings. The number of aromatic carboxylic acids is 1. The Hall–Kier alpha value is -2.04. The monoisotopic (exact) mass is 382 g/mol. The summed E-state index contributed by atoms with van der Waals surface area (Å²) in [5, 5.41) is 9.33. The van der Waals surface area contributed by atoms with Crippen LogP contribution in [0.2, 0.25) is 0 Å². The number of carbonyl (C=O) groups is 1. The SMILES string of the molecule is CCOCC1(C)CCCSc2cc(C=Cc3ccccc3C(=O)O)ccc21. The number of carboxylic acids is 1. The van der Waals surface area contributed by atoms with Crippen LogP contribution in [0.4, 0.5) is 0 Å². The molecule has 3 rings (SSSR count). The highest BCUT2D eigenvalue weighted by atomic mass is 32.2. The third-order valence-electron chi connectivity index (χ3n) is 5.06. The van der Waals surface area contributed by atoms with Gasteiger partial charge in [-0.2, -0.15) is 0 Å². The predicted molar refractivity (Wildman–Crippen MR) is 113 cm³/mol. The van der Waals surface area contributed by atoms with Gasteiger partial charge in [-0.3, -0.25) is 0 Å². The van der Waals surface area contributed by atoms with Crippen molar-refractivity contribution in [3.63, 3.8) is 0 Å². The summed E-state index contributed by atoms with van der Waals surface area (Å²) in [5.41, 5.74) is 3.53. The van der Waals surface area contributed by atoms with E-state index in [4.69, 9.17) is 4.74 Å². The van der Waals surface area contributed by atoms with Gasteiger partial charge in [0.15, 0.2) is 0 Å². The Morgan fingerprint density at radius 3 is 2.85 bits per heavy atom. The minimum absolute atomic E-state index is 0.0486. The van der Waals surface area contributed by atoms with Crippen LogP contribution in [0.15, 0.2) is 47.4 Å². The van der Waals surface area contributed by atoms with E-state index in [0.29, 0.717) is 11.1 Å². The van der Waals surface area contributed by atoms with Crippen molar-refractivity contribution in [3.05, 3.63) is 64.7 Å². The molecule has 0 bridgehead atoms. The maximum Gasteiger partial charge on any atom is 0.336 e. The van der Waals surface area contributed by atoms with Gasteiger partial charge in [0.2, 0.25) is 0 Å². The molecular formula is C23H26O3S. The highest BCUT2D eigenvalue weighted by molar-refractivity contribution is 7.99. The zero-order chi connectivity index (χ0) is 19.3. The average Bonchev–Trinajstić information content (AvgIpc) is 2.84. The Morgan fingerprint density at radius 1 is 1.26 bits per heavy atom. The lowest BCUT2D eigenvalue weighted by atomic mass is 9.79. The van der Waals surface area contributed by atoms with Crippen LogP contribution in [-0.4, -0.2) is 30.0 Å². The van der Waals surface area contributed by atoms with Gasteiger partial charge in [-0.25, -0.2) is 4.79 Å². The first-order valence-electron chi connectivity index (χ1n) is 9.39. The van der Waals surface area contributed by atoms with Gasteiger partial charge in [-0.15, -0.1) is 11.8 Å². The molecule has 0 aliphatic carbocycles. The van der Waals surface area contributed by atoms with Gasteiger partial charge in [0.1, 0.15) is 0 Å². The molecule has 2 aromatic carbocycles. The van der Waals surface area contributed by atoms with Crippen LogP contribution in [0.1, 0.15) is 53.7 Å². The molecule has 3 nitrogen and oxygen atoms in total. The number of thioether (sulfide) groups is 1. The second-order valence-corrected chi connectivity index (χ2v) is 8.27. The van der Waals surface area contributed by atoms with E-state index in [1.54, 1.807) is 12.1 Å². The summed E-state index contributed by atoms with van der Waals surface area (Å²) >= 11 is 1.91. The lowest BCUT2D eigenvalue weighted by molar-refractivity contribution is 0.0696. The number of hydrogen-bond acceptors (Lipinski definition) is 3. The van der Waals surface area contributed by atoms with Crippen LogP contribution in [0, 0.1) is 0 Å². The topological polar surface area (TPSA) is 46.5 Å². The van der Waals surface area contributed by atoms with Crippen LogP contribution in [-0.2, 0) is 10.2 Å². The lowest BCUT2D eigenvalue weighted by Crippen LogP contribution is -2.28. The van der Waals surface area contributed by atoms with E-state index in [0.717, 1.165) is 31.0 Å². The molecular weight excluding hydrogens is 356 g/mol. The summed E-state index contributed by atoms with van der Waals surface area (Å²) in [6, 6.07) is 13.6. The van der Waals surface area contributed by atoms with Crippen LogP contribution in [0.3, 0.4) is 0 Å². The van der Waals surface area contributed by atoms with Crippen LogP contribution in [0.5, 0.6) is 0 Å². The first-order chi connectivity index (χ1) is 13.0. The van der Waals surface area contributed by atoms with Crippen molar-refractivity contribution in [1.29, 1.82) is 0 Å².